The Bertz CT molecular complexity index is 855. The molecule has 1 aliphatic rings. The maximum atomic E-state index is 5.85. The Balaban J connectivity index is 1.17. The Labute approximate surface area is 172 Å². The number of hydrogen-bond acceptors (Lipinski definition) is 5. The SMILES string of the molecule is COc1ccc(OCCN2CCN(Cc3ccc(-n4cccn4)cc3)CC2)cc1. The van der Waals surface area contributed by atoms with Gasteiger partial charge in [-0.15, -0.1) is 0 Å². The summed E-state index contributed by atoms with van der Waals surface area (Å²) in [7, 11) is 1.67. The third-order valence-corrected chi connectivity index (χ3v) is 5.31. The quantitative estimate of drug-likeness (QED) is 0.589. The normalized spacial score (nSPS) is 15.3. The van der Waals surface area contributed by atoms with E-state index < -0.39 is 0 Å². The van der Waals surface area contributed by atoms with E-state index in [0.29, 0.717) is 6.61 Å². The molecular weight excluding hydrogens is 364 g/mol. The van der Waals surface area contributed by atoms with Crippen molar-refractivity contribution in [2.24, 2.45) is 0 Å². The molecule has 6 nitrogen and oxygen atoms in total. The molecule has 0 spiro atoms. The highest BCUT2D eigenvalue weighted by Gasteiger charge is 2.16. The minimum Gasteiger partial charge on any atom is -0.497 e. The predicted molar refractivity (Wildman–Crippen MR) is 114 cm³/mol. The van der Waals surface area contributed by atoms with Gasteiger partial charge in [-0.3, -0.25) is 9.80 Å². The lowest BCUT2D eigenvalue weighted by atomic mass is 10.2. The van der Waals surface area contributed by atoms with Crippen molar-refractivity contribution in [1.82, 2.24) is 19.6 Å². The first-order chi connectivity index (χ1) is 14.3. The molecule has 0 radical (unpaired) electrons. The molecule has 0 atom stereocenters. The average Bonchev–Trinajstić information content (AvgIpc) is 3.31. The van der Waals surface area contributed by atoms with Gasteiger partial charge in [0, 0.05) is 51.7 Å². The largest absolute Gasteiger partial charge is 0.497 e. The molecule has 152 valence electrons. The van der Waals surface area contributed by atoms with E-state index in [-0.39, 0.29) is 0 Å². The van der Waals surface area contributed by atoms with Crippen molar-refractivity contribution in [1.29, 1.82) is 0 Å². The van der Waals surface area contributed by atoms with Crippen LogP contribution in [-0.2, 0) is 6.54 Å². The molecule has 0 amide bonds. The highest BCUT2D eigenvalue weighted by molar-refractivity contribution is 5.34. The molecule has 1 fully saturated rings. The first kappa shape index (κ1) is 19.5. The Kier molecular flexibility index (Phi) is 6.44. The molecule has 0 unspecified atom stereocenters. The maximum absolute atomic E-state index is 5.85. The Morgan fingerprint density at radius 2 is 1.55 bits per heavy atom. The maximum Gasteiger partial charge on any atom is 0.119 e. The van der Waals surface area contributed by atoms with Crippen LogP contribution in [0.25, 0.3) is 5.69 Å². The van der Waals surface area contributed by atoms with Gasteiger partial charge in [0.15, 0.2) is 0 Å². The van der Waals surface area contributed by atoms with E-state index in [4.69, 9.17) is 9.47 Å². The van der Waals surface area contributed by atoms with Gasteiger partial charge in [-0.25, -0.2) is 4.68 Å². The molecule has 6 heteroatoms. The van der Waals surface area contributed by atoms with Gasteiger partial charge >= 0.3 is 0 Å². The summed E-state index contributed by atoms with van der Waals surface area (Å²) in [6.45, 7) is 7.00. The summed E-state index contributed by atoms with van der Waals surface area (Å²) < 4.78 is 12.9. The molecule has 0 bridgehead atoms. The molecule has 4 rings (SSSR count). The van der Waals surface area contributed by atoms with Crippen LogP contribution in [0.15, 0.2) is 67.0 Å². The number of rotatable bonds is 8. The van der Waals surface area contributed by atoms with Crippen molar-refractivity contribution >= 4 is 0 Å². The zero-order valence-electron chi connectivity index (χ0n) is 16.9. The fourth-order valence-corrected chi connectivity index (χ4v) is 3.57. The van der Waals surface area contributed by atoms with E-state index in [0.717, 1.165) is 56.5 Å². The van der Waals surface area contributed by atoms with E-state index in [2.05, 4.69) is 39.2 Å². The molecule has 2 aromatic carbocycles. The van der Waals surface area contributed by atoms with E-state index >= 15 is 0 Å². The van der Waals surface area contributed by atoms with E-state index in [9.17, 15) is 0 Å². The van der Waals surface area contributed by atoms with Crippen LogP contribution in [0.1, 0.15) is 5.56 Å². The molecule has 1 saturated heterocycles. The van der Waals surface area contributed by atoms with Gasteiger partial charge in [0.1, 0.15) is 18.1 Å². The van der Waals surface area contributed by atoms with Gasteiger partial charge in [0.25, 0.3) is 0 Å². The molecular formula is C23H28N4O2. The molecule has 3 aromatic rings. The summed E-state index contributed by atoms with van der Waals surface area (Å²) in [6.07, 6.45) is 3.77. The van der Waals surface area contributed by atoms with Crippen LogP contribution < -0.4 is 9.47 Å². The van der Waals surface area contributed by atoms with Crippen molar-refractivity contribution in [3.63, 3.8) is 0 Å². The standard InChI is InChI=1S/C23H28N4O2/c1-28-22-7-9-23(10-8-22)29-18-17-25-13-15-26(16-14-25)19-20-3-5-21(6-4-20)27-12-2-11-24-27/h2-12H,13-19H2,1H3. The van der Waals surface area contributed by atoms with Crippen molar-refractivity contribution in [2.45, 2.75) is 6.54 Å². The average molecular weight is 393 g/mol. The van der Waals surface area contributed by atoms with Crippen LogP contribution in [0.2, 0.25) is 0 Å². The second-order valence-electron chi connectivity index (χ2n) is 7.26. The van der Waals surface area contributed by atoms with Crippen LogP contribution >= 0.6 is 0 Å². The predicted octanol–water partition coefficient (Wildman–Crippen LogP) is 3.08. The van der Waals surface area contributed by atoms with Gasteiger partial charge in [-0.05, 0) is 48.0 Å². The zero-order valence-corrected chi connectivity index (χ0v) is 16.9. The molecule has 0 saturated carbocycles. The number of ether oxygens (including phenoxy) is 2. The highest BCUT2D eigenvalue weighted by atomic mass is 16.5. The van der Waals surface area contributed by atoms with Crippen LogP contribution in [0.5, 0.6) is 11.5 Å². The summed E-state index contributed by atoms with van der Waals surface area (Å²) in [5, 5.41) is 4.28. The van der Waals surface area contributed by atoms with E-state index in [1.165, 1.54) is 5.56 Å². The first-order valence-electron chi connectivity index (χ1n) is 10.1. The Morgan fingerprint density at radius 1 is 0.862 bits per heavy atom. The van der Waals surface area contributed by atoms with E-state index in [1.54, 1.807) is 13.3 Å². The highest BCUT2D eigenvalue weighted by Crippen LogP contribution is 2.17. The van der Waals surface area contributed by atoms with Crippen molar-refractivity contribution in [3.8, 4) is 17.2 Å². The summed E-state index contributed by atoms with van der Waals surface area (Å²) in [6, 6.07) is 18.4. The Hall–Kier alpha value is -2.83. The number of aromatic nitrogens is 2. The second kappa shape index (κ2) is 9.58. The molecule has 29 heavy (non-hydrogen) atoms. The van der Waals surface area contributed by atoms with Crippen LogP contribution in [0, 0.1) is 0 Å². The monoisotopic (exact) mass is 392 g/mol. The fourth-order valence-electron chi connectivity index (χ4n) is 3.57. The van der Waals surface area contributed by atoms with Crippen LogP contribution in [-0.4, -0.2) is 66.0 Å². The topological polar surface area (TPSA) is 42.8 Å². The molecule has 0 aliphatic carbocycles. The van der Waals surface area contributed by atoms with Crippen LogP contribution in [0.4, 0.5) is 0 Å². The molecule has 1 aromatic heterocycles. The molecule has 2 heterocycles. The first-order valence-corrected chi connectivity index (χ1v) is 10.1. The lowest BCUT2D eigenvalue weighted by Gasteiger charge is -2.34. The number of nitrogens with zero attached hydrogens (tertiary/aromatic N) is 4. The van der Waals surface area contributed by atoms with Crippen molar-refractivity contribution < 1.29 is 9.47 Å². The van der Waals surface area contributed by atoms with Gasteiger partial charge in [0.2, 0.25) is 0 Å². The molecule has 1 aliphatic heterocycles. The van der Waals surface area contributed by atoms with Crippen LogP contribution in [0.3, 0.4) is 0 Å². The second-order valence-corrected chi connectivity index (χ2v) is 7.26. The van der Waals surface area contributed by atoms with E-state index in [1.807, 2.05) is 41.2 Å². The third-order valence-electron chi connectivity index (χ3n) is 5.31. The number of benzene rings is 2. The van der Waals surface area contributed by atoms with Crippen molar-refractivity contribution in [3.05, 3.63) is 72.6 Å². The van der Waals surface area contributed by atoms with Gasteiger partial charge < -0.3 is 9.47 Å². The minimum atomic E-state index is 0.710. The zero-order chi connectivity index (χ0) is 19.9. The summed E-state index contributed by atoms with van der Waals surface area (Å²) >= 11 is 0. The lowest BCUT2D eigenvalue weighted by molar-refractivity contribution is 0.112. The van der Waals surface area contributed by atoms with Gasteiger partial charge in [-0.2, -0.15) is 5.10 Å². The number of hydrogen-bond donors (Lipinski definition) is 0. The van der Waals surface area contributed by atoms with Gasteiger partial charge in [0.05, 0.1) is 12.8 Å². The summed E-state index contributed by atoms with van der Waals surface area (Å²) in [4.78, 5) is 4.99. The van der Waals surface area contributed by atoms with Crippen molar-refractivity contribution in [2.75, 3.05) is 46.4 Å². The third kappa shape index (κ3) is 5.37. The molecule has 0 N–H and O–H groups in total. The van der Waals surface area contributed by atoms with Gasteiger partial charge in [-0.1, -0.05) is 12.1 Å². The smallest absolute Gasteiger partial charge is 0.119 e. The fraction of sp³-hybridized carbons (Fsp3) is 0.348. The Morgan fingerprint density at radius 3 is 2.21 bits per heavy atom. The summed E-state index contributed by atoms with van der Waals surface area (Å²) in [5.74, 6) is 1.74. The number of methoxy groups -OCH3 is 1. The lowest BCUT2D eigenvalue weighted by Crippen LogP contribution is -2.47. The summed E-state index contributed by atoms with van der Waals surface area (Å²) in [5.41, 5.74) is 2.44. The minimum absolute atomic E-state index is 0.710. The number of piperazine rings is 1.